The van der Waals surface area contributed by atoms with Crippen molar-refractivity contribution in [1.82, 2.24) is 0 Å². The number of hydrogen-bond acceptors (Lipinski definition) is 3. The van der Waals surface area contributed by atoms with Crippen LogP contribution in [-0.2, 0) is 10.0 Å². The van der Waals surface area contributed by atoms with E-state index in [1.807, 2.05) is 0 Å². The van der Waals surface area contributed by atoms with Gasteiger partial charge in [-0.3, -0.25) is 4.72 Å². The fourth-order valence-electron chi connectivity index (χ4n) is 1.06. The first-order valence-electron chi connectivity index (χ1n) is 4.60. The predicted molar refractivity (Wildman–Crippen MR) is 65.2 cm³/mol. The summed E-state index contributed by atoms with van der Waals surface area (Å²) in [6.45, 7) is 0.281. The van der Waals surface area contributed by atoms with Crippen LogP contribution in [0.15, 0.2) is 22.7 Å². The van der Waals surface area contributed by atoms with Crippen LogP contribution in [0, 0.1) is 5.82 Å². The maximum atomic E-state index is 13.3. The monoisotopic (exact) mass is 310 g/mol. The minimum atomic E-state index is -3.52. The van der Waals surface area contributed by atoms with Gasteiger partial charge in [0.2, 0.25) is 10.0 Å². The number of hydrogen-bond donors (Lipinski definition) is 2. The first-order chi connectivity index (χ1) is 7.44. The van der Waals surface area contributed by atoms with Crippen LogP contribution >= 0.6 is 15.9 Å². The lowest BCUT2D eigenvalue weighted by Gasteiger charge is -2.08. The van der Waals surface area contributed by atoms with E-state index in [0.29, 0.717) is 10.9 Å². The molecule has 90 valence electrons. The topological polar surface area (TPSA) is 72.2 Å². The Kier molecular flexibility index (Phi) is 4.69. The molecule has 16 heavy (non-hydrogen) atoms. The third-order valence-corrected chi connectivity index (χ3v) is 3.66. The smallest absolute Gasteiger partial charge is 0.232 e. The highest BCUT2D eigenvalue weighted by Gasteiger charge is 2.12. The summed E-state index contributed by atoms with van der Waals surface area (Å²) < 4.78 is 38.9. The Morgan fingerprint density at radius 3 is 2.69 bits per heavy atom. The fraction of sp³-hybridized carbons (Fsp3) is 0.333. The molecule has 0 aliphatic heterocycles. The van der Waals surface area contributed by atoms with Gasteiger partial charge in [0, 0.05) is 4.47 Å². The highest BCUT2D eigenvalue weighted by molar-refractivity contribution is 9.10. The fourth-order valence-corrected chi connectivity index (χ4v) is 2.55. The van der Waals surface area contributed by atoms with E-state index in [4.69, 9.17) is 5.73 Å². The first kappa shape index (κ1) is 13.4. The molecule has 1 aromatic carbocycles. The molecule has 3 N–H and O–H groups in total. The molecule has 0 spiro atoms. The third kappa shape index (κ3) is 4.07. The average Bonchev–Trinajstić information content (AvgIpc) is 2.19. The second-order valence-corrected chi connectivity index (χ2v) is 5.94. The molecular formula is C9H12BrFN2O2S. The number of halogens is 2. The van der Waals surface area contributed by atoms with Crippen molar-refractivity contribution in [3.8, 4) is 0 Å². The Bertz CT molecular complexity index is 465. The van der Waals surface area contributed by atoms with Crippen molar-refractivity contribution < 1.29 is 12.8 Å². The molecule has 1 rings (SSSR count). The maximum absolute atomic E-state index is 13.3. The van der Waals surface area contributed by atoms with E-state index in [0.717, 1.165) is 0 Å². The number of benzene rings is 1. The number of rotatable bonds is 5. The van der Waals surface area contributed by atoms with Crippen molar-refractivity contribution in [2.24, 2.45) is 5.73 Å². The minimum Gasteiger partial charge on any atom is -0.330 e. The van der Waals surface area contributed by atoms with Crippen LogP contribution in [0.25, 0.3) is 0 Å². The van der Waals surface area contributed by atoms with E-state index < -0.39 is 15.8 Å². The van der Waals surface area contributed by atoms with Crippen LogP contribution in [0.2, 0.25) is 0 Å². The highest BCUT2D eigenvalue weighted by Crippen LogP contribution is 2.20. The molecule has 0 amide bonds. The Morgan fingerprint density at radius 2 is 2.12 bits per heavy atom. The molecule has 0 heterocycles. The van der Waals surface area contributed by atoms with Gasteiger partial charge in [-0.25, -0.2) is 12.8 Å². The van der Waals surface area contributed by atoms with E-state index in [1.54, 1.807) is 6.07 Å². The van der Waals surface area contributed by atoms with Gasteiger partial charge >= 0.3 is 0 Å². The largest absolute Gasteiger partial charge is 0.330 e. The average molecular weight is 311 g/mol. The van der Waals surface area contributed by atoms with Crippen molar-refractivity contribution in [2.45, 2.75) is 6.42 Å². The molecule has 4 nitrogen and oxygen atoms in total. The normalized spacial score (nSPS) is 11.4. The van der Waals surface area contributed by atoms with Crippen LogP contribution in [-0.4, -0.2) is 20.7 Å². The summed E-state index contributed by atoms with van der Waals surface area (Å²) in [4.78, 5) is 0. The second-order valence-electron chi connectivity index (χ2n) is 3.19. The molecule has 0 aliphatic rings. The molecule has 0 aromatic heterocycles. The zero-order valence-corrected chi connectivity index (χ0v) is 10.8. The molecule has 1 aromatic rings. The Balaban J connectivity index is 2.80. The molecule has 0 radical (unpaired) electrons. The number of sulfonamides is 1. The highest BCUT2D eigenvalue weighted by atomic mass is 79.9. The summed E-state index contributed by atoms with van der Waals surface area (Å²) in [6.07, 6.45) is 0.341. The SMILES string of the molecule is NCCCS(=O)(=O)Nc1ccc(Br)cc1F. The van der Waals surface area contributed by atoms with Crippen LogP contribution in [0.1, 0.15) is 6.42 Å². The van der Waals surface area contributed by atoms with E-state index in [2.05, 4.69) is 20.7 Å². The zero-order valence-electron chi connectivity index (χ0n) is 8.41. The van der Waals surface area contributed by atoms with Gasteiger partial charge in [-0.05, 0) is 31.2 Å². The van der Waals surface area contributed by atoms with Crippen molar-refractivity contribution in [3.05, 3.63) is 28.5 Å². The van der Waals surface area contributed by atoms with Crippen molar-refractivity contribution >= 4 is 31.6 Å². The molecule has 0 bridgehead atoms. The minimum absolute atomic E-state index is 0.0554. The molecule has 7 heteroatoms. The number of nitrogens with one attached hydrogen (secondary N) is 1. The lowest BCUT2D eigenvalue weighted by Crippen LogP contribution is -2.19. The van der Waals surface area contributed by atoms with Crippen molar-refractivity contribution in [1.29, 1.82) is 0 Å². The van der Waals surface area contributed by atoms with E-state index in [1.165, 1.54) is 12.1 Å². The van der Waals surface area contributed by atoms with Gasteiger partial charge in [-0.1, -0.05) is 15.9 Å². The van der Waals surface area contributed by atoms with Gasteiger partial charge < -0.3 is 5.73 Å². The summed E-state index contributed by atoms with van der Waals surface area (Å²) in [6, 6.07) is 4.12. The quantitative estimate of drug-likeness (QED) is 0.869. The molecule has 0 saturated carbocycles. The third-order valence-electron chi connectivity index (χ3n) is 1.81. The summed E-state index contributed by atoms with van der Waals surface area (Å²) in [5, 5.41) is 0. The van der Waals surface area contributed by atoms with Crippen molar-refractivity contribution in [3.63, 3.8) is 0 Å². The zero-order chi connectivity index (χ0) is 12.2. The number of anilines is 1. The Hall–Kier alpha value is -0.660. The molecule has 0 atom stereocenters. The molecule has 0 fully saturated rings. The Labute approximate surface area is 102 Å². The van der Waals surface area contributed by atoms with Gasteiger partial charge in [-0.15, -0.1) is 0 Å². The molecule has 0 saturated heterocycles. The van der Waals surface area contributed by atoms with Gasteiger partial charge in [0.1, 0.15) is 5.82 Å². The Morgan fingerprint density at radius 1 is 1.44 bits per heavy atom. The summed E-state index contributed by atoms with van der Waals surface area (Å²) >= 11 is 3.08. The summed E-state index contributed by atoms with van der Waals surface area (Å²) in [5.74, 6) is -0.732. The van der Waals surface area contributed by atoms with E-state index >= 15 is 0 Å². The lowest BCUT2D eigenvalue weighted by molar-refractivity contribution is 0.596. The lowest BCUT2D eigenvalue weighted by atomic mass is 10.3. The second kappa shape index (κ2) is 5.60. The molecule has 0 unspecified atom stereocenters. The predicted octanol–water partition coefficient (Wildman–Crippen LogP) is 1.68. The van der Waals surface area contributed by atoms with Crippen LogP contribution in [0.3, 0.4) is 0 Å². The van der Waals surface area contributed by atoms with Crippen LogP contribution < -0.4 is 10.5 Å². The van der Waals surface area contributed by atoms with Gasteiger partial charge in [0.15, 0.2) is 0 Å². The summed E-state index contributed by atoms with van der Waals surface area (Å²) in [5.41, 5.74) is 5.15. The molecule has 0 aliphatic carbocycles. The van der Waals surface area contributed by atoms with Gasteiger partial charge in [0.05, 0.1) is 11.4 Å². The standard InChI is InChI=1S/C9H12BrFN2O2S/c10-7-2-3-9(8(11)6-7)13-16(14,15)5-1-4-12/h2-3,6,13H,1,4-5,12H2. The van der Waals surface area contributed by atoms with Gasteiger partial charge in [0.25, 0.3) is 0 Å². The summed E-state index contributed by atoms with van der Waals surface area (Å²) in [7, 11) is -3.52. The van der Waals surface area contributed by atoms with Crippen molar-refractivity contribution in [2.75, 3.05) is 17.0 Å². The van der Waals surface area contributed by atoms with E-state index in [-0.39, 0.29) is 18.0 Å². The van der Waals surface area contributed by atoms with Crippen LogP contribution in [0.4, 0.5) is 10.1 Å². The number of nitrogens with two attached hydrogens (primary N) is 1. The first-order valence-corrected chi connectivity index (χ1v) is 7.05. The van der Waals surface area contributed by atoms with Crippen LogP contribution in [0.5, 0.6) is 0 Å². The van der Waals surface area contributed by atoms with E-state index in [9.17, 15) is 12.8 Å². The maximum Gasteiger partial charge on any atom is 0.232 e. The molecular weight excluding hydrogens is 299 g/mol. The van der Waals surface area contributed by atoms with Gasteiger partial charge in [-0.2, -0.15) is 0 Å².